The zero-order valence-electron chi connectivity index (χ0n) is 19.6. The first-order valence-electron chi connectivity index (χ1n) is 11.3. The van der Waals surface area contributed by atoms with Crippen LogP contribution in [0.3, 0.4) is 0 Å². The van der Waals surface area contributed by atoms with Gasteiger partial charge < -0.3 is 14.0 Å². The van der Waals surface area contributed by atoms with E-state index in [0.29, 0.717) is 30.5 Å². The lowest BCUT2D eigenvalue weighted by molar-refractivity contribution is -0.189. The quantitative estimate of drug-likeness (QED) is 0.145. The number of aryl methyl sites for hydroxylation is 1. The molecule has 0 N–H and O–H groups in total. The fourth-order valence-electron chi connectivity index (χ4n) is 4.00. The lowest BCUT2D eigenvalue weighted by Gasteiger charge is -2.28. The molecule has 0 atom stereocenters. The van der Waals surface area contributed by atoms with Crippen molar-refractivity contribution in [3.63, 3.8) is 0 Å². The van der Waals surface area contributed by atoms with Gasteiger partial charge in [-0.3, -0.25) is 0 Å². The van der Waals surface area contributed by atoms with E-state index in [0.717, 1.165) is 5.56 Å². The van der Waals surface area contributed by atoms with Gasteiger partial charge >= 0.3 is 13.2 Å². The Balaban J connectivity index is 1.47. The van der Waals surface area contributed by atoms with Crippen LogP contribution in [-0.2, 0) is 21.8 Å². The Morgan fingerprint density at radius 2 is 1.47 bits per heavy atom. The maximum atomic E-state index is 14.6. The van der Waals surface area contributed by atoms with E-state index in [1.54, 1.807) is 18.2 Å². The third-order valence-corrected chi connectivity index (χ3v) is 5.87. The minimum absolute atomic E-state index is 0.0838. The summed E-state index contributed by atoms with van der Waals surface area (Å²) >= 11 is 0. The molecule has 0 unspecified atom stereocenters. The molecule has 0 spiro atoms. The summed E-state index contributed by atoms with van der Waals surface area (Å²) < 4.78 is 128. The Morgan fingerprint density at radius 1 is 0.868 bits per heavy atom. The van der Waals surface area contributed by atoms with Crippen molar-refractivity contribution in [2.24, 2.45) is 0 Å². The number of halogens is 8. The second-order valence-corrected chi connectivity index (χ2v) is 8.56. The van der Waals surface area contributed by atoms with Crippen molar-refractivity contribution in [1.29, 1.82) is 0 Å². The fourth-order valence-corrected chi connectivity index (χ4v) is 4.00. The van der Waals surface area contributed by atoms with Crippen molar-refractivity contribution in [3.05, 3.63) is 107 Å². The number of benzene rings is 3. The fraction of sp³-hybridized carbons (Fsp3) is 0.231. The highest BCUT2D eigenvalue weighted by molar-refractivity contribution is 6.61. The summed E-state index contributed by atoms with van der Waals surface area (Å²) in [6.45, 7) is 3.45. The number of allylic oxidation sites excluding steroid dienone is 1. The highest BCUT2D eigenvalue weighted by Gasteiger charge is 2.43. The van der Waals surface area contributed by atoms with Crippen LogP contribution in [0.25, 0.3) is 0 Å². The molecule has 4 rings (SSSR count). The van der Waals surface area contributed by atoms with Gasteiger partial charge in [-0.15, -0.1) is 6.58 Å². The number of alkyl halides is 2. The van der Waals surface area contributed by atoms with Gasteiger partial charge in [-0.2, -0.15) is 8.78 Å². The van der Waals surface area contributed by atoms with Gasteiger partial charge in [-0.05, 0) is 47.6 Å². The van der Waals surface area contributed by atoms with Crippen molar-refractivity contribution in [1.82, 2.24) is 0 Å². The normalized spacial score (nSPS) is 14.6. The largest absolute Gasteiger partial charge is 0.494 e. The van der Waals surface area contributed by atoms with Crippen LogP contribution in [0.15, 0.2) is 55.1 Å². The number of rotatable bonds is 8. The van der Waals surface area contributed by atoms with Crippen LogP contribution in [0.2, 0.25) is 0 Å². The molecule has 0 amide bonds. The van der Waals surface area contributed by atoms with Crippen LogP contribution in [-0.4, -0.2) is 20.3 Å². The smallest absolute Gasteiger partial charge is 0.429 e. The van der Waals surface area contributed by atoms with Crippen molar-refractivity contribution >= 4 is 12.6 Å². The topological polar surface area (TPSA) is 27.7 Å². The highest BCUT2D eigenvalue weighted by atomic mass is 19.3. The van der Waals surface area contributed by atoms with Gasteiger partial charge in [-0.25, -0.2) is 26.3 Å². The molecule has 1 fully saturated rings. The Hall–Kier alpha value is -3.38. The van der Waals surface area contributed by atoms with Crippen molar-refractivity contribution < 1.29 is 49.2 Å². The number of hydrogen-bond donors (Lipinski definition) is 0. The van der Waals surface area contributed by atoms with E-state index in [1.165, 1.54) is 6.07 Å². The minimum atomic E-state index is -4.72. The maximum Gasteiger partial charge on any atom is 0.494 e. The first-order valence-corrected chi connectivity index (χ1v) is 11.3. The zero-order valence-corrected chi connectivity index (χ0v) is 19.6. The van der Waals surface area contributed by atoms with E-state index >= 15 is 0 Å². The minimum Gasteiger partial charge on any atom is -0.429 e. The lowest BCUT2D eigenvalue weighted by Crippen LogP contribution is -2.44. The van der Waals surface area contributed by atoms with E-state index in [-0.39, 0.29) is 30.8 Å². The van der Waals surface area contributed by atoms with Crippen LogP contribution in [0, 0.1) is 34.9 Å². The van der Waals surface area contributed by atoms with Crippen molar-refractivity contribution in [2.75, 3.05) is 13.2 Å². The lowest BCUT2D eigenvalue weighted by atomic mass is 9.76. The van der Waals surface area contributed by atoms with Gasteiger partial charge in [0.05, 0.1) is 0 Å². The van der Waals surface area contributed by atoms with Gasteiger partial charge in [0, 0.05) is 31.3 Å². The van der Waals surface area contributed by atoms with E-state index in [2.05, 4.69) is 11.3 Å². The molecule has 200 valence electrons. The molecule has 3 aromatic rings. The molecule has 0 aromatic heterocycles. The first-order chi connectivity index (χ1) is 18.0. The second-order valence-electron chi connectivity index (χ2n) is 8.56. The summed E-state index contributed by atoms with van der Waals surface area (Å²) in [6, 6.07) is 6.02. The van der Waals surface area contributed by atoms with Crippen LogP contribution in [0.5, 0.6) is 5.75 Å². The molecular formula is C26H19BF8O3. The molecular weight excluding hydrogens is 523 g/mol. The van der Waals surface area contributed by atoms with Crippen LogP contribution in [0.1, 0.15) is 29.0 Å². The van der Waals surface area contributed by atoms with E-state index < -0.39 is 65.4 Å². The Kier molecular flexibility index (Phi) is 8.12. The van der Waals surface area contributed by atoms with E-state index in [9.17, 15) is 35.1 Å². The second kappa shape index (κ2) is 11.2. The molecule has 1 heterocycles. The molecule has 3 nitrogen and oxygen atoms in total. The Bertz CT molecular complexity index is 1300. The van der Waals surface area contributed by atoms with Crippen molar-refractivity contribution in [3.8, 4) is 5.75 Å². The summed E-state index contributed by atoms with van der Waals surface area (Å²) in [7, 11) is -1.34. The summed E-state index contributed by atoms with van der Waals surface area (Å²) in [5, 5.41) is 0. The highest BCUT2D eigenvalue weighted by Crippen LogP contribution is 2.36. The third-order valence-electron chi connectivity index (χ3n) is 5.87. The molecule has 1 aliphatic rings. The molecule has 1 aliphatic heterocycles. The van der Waals surface area contributed by atoms with Gasteiger partial charge in [0.2, 0.25) is 0 Å². The van der Waals surface area contributed by atoms with Gasteiger partial charge in [0.1, 0.15) is 28.8 Å². The predicted octanol–water partition coefficient (Wildman–Crippen LogP) is 6.29. The molecule has 0 aliphatic carbocycles. The van der Waals surface area contributed by atoms with E-state index in [1.807, 2.05) is 0 Å². The zero-order chi connectivity index (χ0) is 27.6. The molecule has 1 saturated heterocycles. The first kappa shape index (κ1) is 27.7. The summed E-state index contributed by atoms with van der Waals surface area (Å²) in [4.78, 5) is 0. The van der Waals surface area contributed by atoms with Crippen molar-refractivity contribution in [2.45, 2.75) is 24.9 Å². The Morgan fingerprint density at radius 3 is 2.03 bits per heavy atom. The molecule has 0 bridgehead atoms. The average molecular weight is 542 g/mol. The molecule has 38 heavy (non-hydrogen) atoms. The average Bonchev–Trinajstić information content (AvgIpc) is 2.85. The van der Waals surface area contributed by atoms with Gasteiger partial charge in [0.15, 0.2) is 17.5 Å². The molecule has 12 heteroatoms. The molecule has 0 radical (unpaired) electrons. The number of ether oxygens (including phenoxy) is 1. The molecule has 3 aromatic carbocycles. The number of hydrogen-bond acceptors (Lipinski definition) is 3. The van der Waals surface area contributed by atoms with Crippen LogP contribution in [0.4, 0.5) is 35.1 Å². The summed E-state index contributed by atoms with van der Waals surface area (Å²) in [6.07, 6.45) is -1.70. The maximum absolute atomic E-state index is 14.6. The third kappa shape index (κ3) is 5.86. The van der Waals surface area contributed by atoms with E-state index in [4.69, 9.17) is 9.31 Å². The summed E-state index contributed by atoms with van der Waals surface area (Å²) in [5.41, 5.74) is -1.03. The monoisotopic (exact) mass is 542 g/mol. The Labute approximate surface area is 212 Å². The standard InChI is InChI=1S/C26H19BF8O3/c1-2-3-4-14-5-6-18(19(28)7-14)15-12-36-27(37-13-15)16-8-20(29)24(21(30)9-16)26(34,35)38-17-10-22(31)25(33)23(32)11-17/h2,5-11,15H,1,3-4,12-13H2. The predicted molar refractivity (Wildman–Crippen MR) is 122 cm³/mol. The SMILES string of the molecule is C=CCCc1ccc(C2COB(c3cc(F)c(C(F)(F)Oc4cc(F)c(F)c(F)c4)c(F)c3)OC2)c(F)c1. The summed E-state index contributed by atoms with van der Waals surface area (Å²) in [5.74, 6) is -11.3. The van der Waals surface area contributed by atoms with Crippen LogP contribution >= 0.6 is 0 Å². The van der Waals surface area contributed by atoms with Crippen LogP contribution < -0.4 is 10.2 Å². The molecule has 0 saturated carbocycles. The van der Waals surface area contributed by atoms with Gasteiger partial charge in [-0.1, -0.05) is 18.2 Å². The van der Waals surface area contributed by atoms with Gasteiger partial charge in [0.25, 0.3) is 0 Å².